The van der Waals surface area contributed by atoms with Crippen LogP contribution in [0.2, 0.25) is 0 Å². The lowest BCUT2D eigenvalue weighted by Crippen LogP contribution is -2.38. The molecule has 2 aromatic heterocycles. The van der Waals surface area contributed by atoms with E-state index in [9.17, 15) is 14.9 Å². The van der Waals surface area contributed by atoms with Crippen LogP contribution in [0.5, 0.6) is 11.5 Å². The number of methoxy groups -OCH3 is 2. The SMILES string of the molecule is COc1ccc([C@@H]2C3=C(N=c4s/c(=C/c5cc(-c6ccccc6)n(-c6ccc([N+](=O)[O-])cc6)c5-c5ccccc5)c(=O)n42)c2ccccc2CC3)cc1OC. The zero-order valence-corrected chi connectivity index (χ0v) is 30.8. The van der Waals surface area contributed by atoms with Crippen molar-refractivity contribution < 1.29 is 14.4 Å². The Kier molecular flexibility index (Phi) is 8.59. The van der Waals surface area contributed by atoms with Crippen molar-refractivity contribution in [2.24, 2.45) is 4.99 Å². The second-order valence-corrected chi connectivity index (χ2v) is 14.4. The molecule has 0 saturated heterocycles. The zero-order valence-electron chi connectivity index (χ0n) is 30.0. The molecule has 0 amide bonds. The second kappa shape index (κ2) is 13.9. The van der Waals surface area contributed by atoms with E-state index in [1.54, 1.807) is 26.4 Å². The van der Waals surface area contributed by atoms with Gasteiger partial charge in [0.05, 0.1) is 46.8 Å². The number of aryl methyl sites for hydroxylation is 1. The van der Waals surface area contributed by atoms with Crippen LogP contribution in [0.15, 0.2) is 149 Å². The van der Waals surface area contributed by atoms with Gasteiger partial charge in [0.15, 0.2) is 16.3 Å². The molecule has 5 aromatic carbocycles. The highest BCUT2D eigenvalue weighted by atomic mass is 32.1. The summed E-state index contributed by atoms with van der Waals surface area (Å²) in [5.41, 5.74) is 10.3. The summed E-state index contributed by atoms with van der Waals surface area (Å²) in [5, 5.41) is 11.6. The number of benzene rings is 5. The molecule has 0 N–H and O–H groups in total. The van der Waals surface area contributed by atoms with E-state index in [0.29, 0.717) is 20.8 Å². The third-order valence-corrected chi connectivity index (χ3v) is 11.3. The van der Waals surface area contributed by atoms with Crippen LogP contribution in [0, 0.1) is 10.1 Å². The normalized spacial score (nSPS) is 14.8. The number of allylic oxidation sites excluding steroid dienone is 1. The quantitative estimate of drug-likeness (QED) is 0.115. The maximum absolute atomic E-state index is 14.9. The highest BCUT2D eigenvalue weighted by Crippen LogP contribution is 2.43. The standard InChI is InChI=1S/C45H34N4O5S/c1-53-38-24-18-31(26-39(38)54-2)43-36-23-17-28-11-9-10-16-35(28)41(36)46-45-48(43)44(50)40(55-45)27-32-25-37(29-12-5-3-6-13-29)47(42(32)30-14-7-4-8-15-30)33-19-21-34(22-20-33)49(51)52/h3-16,18-22,24-27,43H,17,23H2,1-2H3/b40-27+/t43-/m1/s1. The molecule has 9 nitrogen and oxygen atoms in total. The van der Waals surface area contributed by atoms with Crippen molar-refractivity contribution in [3.05, 3.63) is 191 Å². The number of rotatable bonds is 8. The third-order valence-electron chi connectivity index (χ3n) is 10.3. The van der Waals surface area contributed by atoms with Crippen molar-refractivity contribution in [3.63, 3.8) is 0 Å². The molecule has 270 valence electrons. The number of nitro groups is 1. The van der Waals surface area contributed by atoms with Gasteiger partial charge in [0.2, 0.25) is 0 Å². The fraction of sp³-hybridized carbons (Fsp3) is 0.111. The minimum Gasteiger partial charge on any atom is -0.493 e. The Labute approximate surface area is 320 Å². The molecule has 0 bridgehead atoms. The minimum atomic E-state index is -0.403. The summed E-state index contributed by atoms with van der Waals surface area (Å²) in [6.07, 6.45) is 3.57. The Morgan fingerprint density at radius 2 is 1.49 bits per heavy atom. The highest BCUT2D eigenvalue weighted by Gasteiger charge is 2.33. The molecular formula is C45H34N4O5S. The van der Waals surface area contributed by atoms with E-state index in [1.807, 2.05) is 95.6 Å². The van der Waals surface area contributed by atoms with Crippen LogP contribution in [0.25, 0.3) is 40.0 Å². The maximum Gasteiger partial charge on any atom is 0.271 e. The van der Waals surface area contributed by atoms with Crippen molar-refractivity contribution in [2.45, 2.75) is 18.9 Å². The van der Waals surface area contributed by atoms with E-state index in [1.165, 1.54) is 29.0 Å². The predicted molar refractivity (Wildman–Crippen MR) is 216 cm³/mol. The van der Waals surface area contributed by atoms with E-state index >= 15 is 0 Å². The molecule has 0 unspecified atom stereocenters. The molecule has 7 aromatic rings. The molecule has 1 aliphatic carbocycles. The Bertz CT molecular complexity index is 2840. The minimum absolute atomic E-state index is 0.00844. The maximum atomic E-state index is 14.9. The molecular weight excluding hydrogens is 709 g/mol. The monoisotopic (exact) mass is 742 g/mol. The summed E-state index contributed by atoms with van der Waals surface area (Å²) in [6.45, 7) is 0. The van der Waals surface area contributed by atoms with Gasteiger partial charge >= 0.3 is 0 Å². The molecule has 55 heavy (non-hydrogen) atoms. The summed E-state index contributed by atoms with van der Waals surface area (Å²) in [4.78, 5) is 32.0. The van der Waals surface area contributed by atoms with Crippen molar-refractivity contribution in [1.82, 2.24) is 9.13 Å². The van der Waals surface area contributed by atoms with E-state index in [0.717, 1.165) is 69.0 Å². The lowest BCUT2D eigenvalue weighted by molar-refractivity contribution is -0.384. The van der Waals surface area contributed by atoms with Crippen LogP contribution in [-0.2, 0) is 6.42 Å². The molecule has 1 aliphatic heterocycles. The Hall–Kier alpha value is -6.78. The lowest BCUT2D eigenvalue weighted by atomic mass is 9.83. The van der Waals surface area contributed by atoms with E-state index in [-0.39, 0.29) is 11.2 Å². The Morgan fingerprint density at radius 3 is 2.20 bits per heavy atom. The molecule has 2 aliphatic rings. The Balaban J connectivity index is 1.31. The summed E-state index contributed by atoms with van der Waals surface area (Å²) < 4.78 is 15.8. The van der Waals surface area contributed by atoms with Gasteiger partial charge in [0.25, 0.3) is 11.2 Å². The van der Waals surface area contributed by atoms with E-state index < -0.39 is 11.0 Å². The molecule has 0 fully saturated rings. The number of thiazole rings is 1. The van der Waals surface area contributed by atoms with Gasteiger partial charge in [-0.15, -0.1) is 0 Å². The van der Waals surface area contributed by atoms with Crippen LogP contribution in [0.4, 0.5) is 5.69 Å². The topological polar surface area (TPSA) is 101 Å². The molecule has 0 saturated carbocycles. The average Bonchev–Trinajstić information content (AvgIpc) is 3.77. The smallest absolute Gasteiger partial charge is 0.271 e. The van der Waals surface area contributed by atoms with Gasteiger partial charge in [0, 0.05) is 28.9 Å². The van der Waals surface area contributed by atoms with Gasteiger partial charge in [-0.2, -0.15) is 0 Å². The predicted octanol–water partition coefficient (Wildman–Crippen LogP) is 8.37. The molecule has 10 heteroatoms. The Morgan fingerprint density at radius 1 is 0.800 bits per heavy atom. The summed E-state index contributed by atoms with van der Waals surface area (Å²) in [6, 6.07) is 42.5. The second-order valence-electron chi connectivity index (χ2n) is 13.4. The van der Waals surface area contributed by atoms with Crippen LogP contribution in [0.1, 0.15) is 34.7 Å². The first-order valence-electron chi connectivity index (χ1n) is 17.9. The number of aromatic nitrogens is 2. The van der Waals surface area contributed by atoms with E-state index in [2.05, 4.69) is 28.8 Å². The number of nitrogens with zero attached hydrogens (tertiary/aromatic N) is 4. The van der Waals surface area contributed by atoms with Gasteiger partial charge in [-0.25, -0.2) is 4.99 Å². The number of ether oxygens (including phenoxy) is 2. The van der Waals surface area contributed by atoms with Crippen molar-refractivity contribution >= 4 is 28.8 Å². The number of nitro benzene ring substituents is 1. The van der Waals surface area contributed by atoms with Gasteiger partial charge in [0.1, 0.15) is 0 Å². The first-order chi connectivity index (χ1) is 26.9. The van der Waals surface area contributed by atoms with Gasteiger partial charge in [-0.3, -0.25) is 19.5 Å². The third kappa shape index (κ3) is 5.87. The fourth-order valence-electron chi connectivity index (χ4n) is 7.83. The number of fused-ring (bicyclic) bond motifs is 3. The van der Waals surface area contributed by atoms with Crippen molar-refractivity contribution in [3.8, 4) is 39.7 Å². The average molecular weight is 743 g/mol. The van der Waals surface area contributed by atoms with Crippen LogP contribution < -0.4 is 24.4 Å². The first-order valence-corrected chi connectivity index (χ1v) is 18.7. The lowest BCUT2D eigenvalue weighted by Gasteiger charge is -2.31. The largest absolute Gasteiger partial charge is 0.493 e. The number of hydrogen-bond acceptors (Lipinski definition) is 7. The molecule has 3 heterocycles. The first kappa shape index (κ1) is 34.0. The van der Waals surface area contributed by atoms with Crippen LogP contribution in [0.3, 0.4) is 0 Å². The van der Waals surface area contributed by atoms with Crippen molar-refractivity contribution in [1.29, 1.82) is 0 Å². The fourth-order valence-corrected chi connectivity index (χ4v) is 8.82. The van der Waals surface area contributed by atoms with Crippen molar-refractivity contribution in [2.75, 3.05) is 14.2 Å². The zero-order chi connectivity index (χ0) is 37.6. The number of hydrogen-bond donors (Lipinski definition) is 0. The summed E-state index contributed by atoms with van der Waals surface area (Å²) >= 11 is 1.37. The van der Waals surface area contributed by atoms with Crippen LogP contribution in [-0.4, -0.2) is 28.3 Å². The van der Waals surface area contributed by atoms with E-state index in [4.69, 9.17) is 14.5 Å². The number of non-ortho nitro benzene ring substituents is 1. The van der Waals surface area contributed by atoms with Gasteiger partial charge in [-0.1, -0.05) is 102 Å². The van der Waals surface area contributed by atoms with Gasteiger partial charge < -0.3 is 14.0 Å². The summed E-state index contributed by atoms with van der Waals surface area (Å²) in [5.74, 6) is 1.20. The molecule has 9 rings (SSSR count). The molecule has 1 atom stereocenters. The van der Waals surface area contributed by atoms with Crippen LogP contribution >= 0.6 is 11.3 Å². The molecule has 0 radical (unpaired) electrons. The van der Waals surface area contributed by atoms with Gasteiger partial charge in [-0.05, 0) is 77.1 Å². The molecule has 0 spiro atoms. The highest BCUT2D eigenvalue weighted by molar-refractivity contribution is 7.07. The summed E-state index contributed by atoms with van der Waals surface area (Å²) in [7, 11) is 3.23.